The Morgan fingerprint density at radius 3 is 2.14 bits per heavy atom. The summed E-state index contributed by atoms with van der Waals surface area (Å²) in [6, 6.07) is 4.26. The Kier molecular flexibility index (Phi) is 2.57. The van der Waals surface area contributed by atoms with E-state index >= 15 is 0 Å². The van der Waals surface area contributed by atoms with Crippen LogP contribution in [-0.2, 0) is 20.5 Å². The van der Waals surface area contributed by atoms with E-state index in [9.17, 15) is 22.8 Å². The van der Waals surface area contributed by atoms with Crippen LogP contribution in [-0.4, -0.2) is 24.0 Å². The molecule has 0 saturated carbocycles. The summed E-state index contributed by atoms with van der Waals surface area (Å²) in [7, 11) is 0. The molecule has 2 amide bonds. The fourth-order valence-electron chi connectivity index (χ4n) is 3.38. The minimum Gasteiger partial charge on any atom is -0.365 e. The molecule has 4 atom stereocenters. The third-order valence-electron chi connectivity index (χ3n) is 4.34. The van der Waals surface area contributed by atoms with E-state index in [2.05, 4.69) is 0 Å². The number of carbonyl (C=O) groups excluding carboxylic acids is 2. The normalized spacial score (nSPS) is 33.0. The second-order valence-corrected chi connectivity index (χ2v) is 5.56. The molecule has 0 N–H and O–H groups in total. The van der Waals surface area contributed by atoms with E-state index in [0.717, 1.165) is 17.0 Å². The molecule has 0 radical (unpaired) electrons. The number of anilines is 1. The van der Waals surface area contributed by atoms with Gasteiger partial charge in [-0.05, 0) is 18.2 Å². The van der Waals surface area contributed by atoms with E-state index < -0.39 is 47.6 Å². The lowest BCUT2D eigenvalue weighted by molar-refractivity contribution is -0.137. The number of ether oxygens (including phenoxy) is 1. The van der Waals surface area contributed by atoms with Gasteiger partial charge in [0.1, 0.15) is 0 Å². The largest absolute Gasteiger partial charge is 0.416 e. The lowest BCUT2D eigenvalue weighted by atomic mass is 9.85. The molecule has 3 aliphatic rings. The molecule has 0 aromatic heterocycles. The Balaban J connectivity index is 1.73. The zero-order valence-electron chi connectivity index (χ0n) is 11.1. The summed E-state index contributed by atoms with van der Waals surface area (Å²) in [5.41, 5.74) is -0.932. The van der Waals surface area contributed by atoms with Crippen molar-refractivity contribution in [1.82, 2.24) is 0 Å². The molecular weight excluding hydrogens is 299 g/mol. The van der Waals surface area contributed by atoms with Gasteiger partial charge >= 0.3 is 6.18 Å². The van der Waals surface area contributed by atoms with Gasteiger partial charge < -0.3 is 4.74 Å². The van der Waals surface area contributed by atoms with Crippen LogP contribution in [0.3, 0.4) is 0 Å². The third-order valence-corrected chi connectivity index (χ3v) is 4.34. The molecule has 114 valence electrons. The number of fused-ring (bicyclic) bond motifs is 5. The van der Waals surface area contributed by atoms with Crippen molar-refractivity contribution in [3.05, 3.63) is 42.0 Å². The molecule has 2 bridgehead atoms. The van der Waals surface area contributed by atoms with E-state index in [1.165, 1.54) is 12.1 Å². The predicted molar refractivity (Wildman–Crippen MR) is 68.7 cm³/mol. The molecule has 4 nitrogen and oxygen atoms in total. The fourth-order valence-corrected chi connectivity index (χ4v) is 3.38. The van der Waals surface area contributed by atoms with E-state index in [0.29, 0.717) is 0 Å². The first-order chi connectivity index (χ1) is 10.4. The number of rotatable bonds is 1. The molecule has 0 unspecified atom stereocenters. The van der Waals surface area contributed by atoms with Crippen LogP contribution in [0, 0.1) is 11.8 Å². The second-order valence-electron chi connectivity index (χ2n) is 5.56. The monoisotopic (exact) mass is 309 g/mol. The molecular formula is C15H10F3NO3. The average Bonchev–Trinajstić information content (AvgIpc) is 3.12. The highest BCUT2D eigenvalue weighted by molar-refractivity contribution is 6.23. The van der Waals surface area contributed by atoms with Gasteiger partial charge in [0.15, 0.2) is 0 Å². The number of amides is 2. The zero-order chi connectivity index (χ0) is 15.6. The van der Waals surface area contributed by atoms with Crippen LogP contribution in [0.2, 0.25) is 0 Å². The third kappa shape index (κ3) is 1.68. The molecule has 7 heteroatoms. The molecule has 3 aliphatic heterocycles. The van der Waals surface area contributed by atoms with Gasteiger partial charge in [0.2, 0.25) is 11.8 Å². The standard InChI is InChI=1S/C15H10F3NO3/c16-15(17,18)7-2-1-3-8(6-7)19-13(20)11-9-4-5-10(22-9)12(11)14(19)21/h1-6,9-12H/t9-,10-,11-,12+/m0/s1. The lowest BCUT2D eigenvalue weighted by Gasteiger charge is -2.18. The smallest absolute Gasteiger partial charge is 0.365 e. The number of nitrogens with zero attached hydrogens (tertiary/aromatic N) is 1. The molecule has 1 aromatic rings. The number of benzene rings is 1. The van der Waals surface area contributed by atoms with Crippen molar-refractivity contribution in [2.24, 2.45) is 11.8 Å². The summed E-state index contributed by atoms with van der Waals surface area (Å²) in [4.78, 5) is 25.8. The van der Waals surface area contributed by atoms with Crippen molar-refractivity contribution >= 4 is 17.5 Å². The number of halogens is 3. The SMILES string of the molecule is O=C1[C@@H]2[C@H](C(=O)N1c1cccc(C(F)(F)F)c1)[C@@H]1C=C[C@@H]2O1. The molecule has 2 saturated heterocycles. The van der Waals surface area contributed by atoms with Crippen LogP contribution in [0.1, 0.15) is 5.56 Å². The van der Waals surface area contributed by atoms with E-state index in [1.807, 2.05) is 0 Å². The van der Waals surface area contributed by atoms with Gasteiger partial charge in [-0.3, -0.25) is 9.59 Å². The Hall–Kier alpha value is -2.15. The Labute approximate surface area is 123 Å². The molecule has 2 fully saturated rings. The van der Waals surface area contributed by atoms with Crippen molar-refractivity contribution in [3.8, 4) is 0 Å². The highest BCUT2D eigenvalue weighted by atomic mass is 19.4. The van der Waals surface area contributed by atoms with Gasteiger partial charge in [-0.1, -0.05) is 18.2 Å². The van der Waals surface area contributed by atoms with Crippen molar-refractivity contribution in [1.29, 1.82) is 0 Å². The number of hydrogen-bond acceptors (Lipinski definition) is 3. The molecule has 3 heterocycles. The molecule has 4 rings (SSSR count). The quantitative estimate of drug-likeness (QED) is 0.590. The Morgan fingerprint density at radius 2 is 1.59 bits per heavy atom. The van der Waals surface area contributed by atoms with Crippen LogP contribution >= 0.6 is 0 Å². The van der Waals surface area contributed by atoms with Crippen LogP contribution < -0.4 is 4.90 Å². The topological polar surface area (TPSA) is 46.6 Å². The first-order valence-corrected chi connectivity index (χ1v) is 6.77. The highest BCUT2D eigenvalue weighted by Crippen LogP contribution is 2.46. The van der Waals surface area contributed by atoms with Crippen molar-refractivity contribution in [2.45, 2.75) is 18.4 Å². The maximum absolute atomic E-state index is 12.8. The summed E-state index contributed by atoms with van der Waals surface area (Å²) < 4.78 is 43.9. The van der Waals surface area contributed by atoms with E-state index in [1.54, 1.807) is 12.2 Å². The maximum Gasteiger partial charge on any atom is 0.416 e. The molecule has 0 spiro atoms. The summed E-state index contributed by atoms with van der Waals surface area (Å²) in [6.07, 6.45) is -1.98. The summed E-state index contributed by atoms with van der Waals surface area (Å²) >= 11 is 0. The number of hydrogen-bond donors (Lipinski definition) is 0. The summed E-state index contributed by atoms with van der Waals surface area (Å²) in [6.45, 7) is 0. The van der Waals surface area contributed by atoms with Crippen molar-refractivity contribution in [2.75, 3.05) is 4.90 Å². The first kappa shape index (κ1) is 13.5. The van der Waals surface area contributed by atoms with Gasteiger partial charge in [0.25, 0.3) is 0 Å². The second kappa shape index (κ2) is 4.19. The van der Waals surface area contributed by atoms with Gasteiger partial charge in [0.05, 0.1) is 35.3 Å². The predicted octanol–water partition coefficient (Wildman–Crippen LogP) is 2.15. The first-order valence-electron chi connectivity index (χ1n) is 6.77. The number of imide groups is 1. The summed E-state index contributed by atoms with van der Waals surface area (Å²) in [5, 5.41) is 0. The zero-order valence-corrected chi connectivity index (χ0v) is 11.1. The fraction of sp³-hybridized carbons (Fsp3) is 0.333. The average molecular weight is 309 g/mol. The van der Waals surface area contributed by atoms with Crippen LogP contribution in [0.4, 0.5) is 18.9 Å². The van der Waals surface area contributed by atoms with E-state index in [-0.39, 0.29) is 5.69 Å². The molecule has 22 heavy (non-hydrogen) atoms. The van der Waals surface area contributed by atoms with E-state index in [4.69, 9.17) is 4.74 Å². The van der Waals surface area contributed by atoms with Crippen LogP contribution in [0.5, 0.6) is 0 Å². The van der Waals surface area contributed by atoms with Gasteiger partial charge in [0, 0.05) is 0 Å². The minimum absolute atomic E-state index is 0.0429. The van der Waals surface area contributed by atoms with Crippen molar-refractivity contribution in [3.63, 3.8) is 0 Å². The van der Waals surface area contributed by atoms with Gasteiger partial charge in [-0.25, -0.2) is 4.90 Å². The Morgan fingerprint density at radius 1 is 1.00 bits per heavy atom. The van der Waals surface area contributed by atoms with Gasteiger partial charge in [-0.2, -0.15) is 13.2 Å². The molecule has 1 aromatic carbocycles. The number of carbonyl (C=O) groups is 2. The lowest BCUT2D eigenvalue weighted by Crippen LogP contribution is -2.34. The molecule has 0 aliphatic carbocycles. The van der Waals surface area contributed by atoms with Gasteiger partial charge in [-0.15, -0.1) is 0 Å². The maximum atomic E-state index is 12.8. The minimum atomic E-state index is -4.53. The Bertz CT molecular complexity index is 682. The number of alkyl halides is 3. The van der Waals surface area contributed by atoms with Crippen LogP contribution in [0.25, 0.3) is 0 Å². The van der Waals surface area contributed by atoms with Crippen molar-refractivity contribution < 1.29 is 27.5 Å². The summed E-state index contributed by atoms with van der Waals surface area (Å²) in [5.74, 6) is -2.24. The van der Waals surface area contributed by atoms with Crippen LogP contribution in [0.15, 0.2) is 36.4 Å². The highest BCUT2D eigenvalue weighted by Gasteiger charge is 2.61.